The van der Waals surface area contributed by atoms with Gasteiger partial charge in [-0.25, -0.2) is 19.2 Å². The minimum absolute atomic E-state index is 0. The van der Waals surface area contributed by atoms with Crippen LogP contribution in [0.2, 0.25) is 0 Å². The number of amides is 1. The Bertz CT molecular complexity index is 1920. The predicted molar refractivity (Wildman–Crippen MR) is 338 cm³/mol. The Hall–Kier alpha value is -5.40. The normalized spacial score (nSPS) is 21.0. The Morgan fingerprint density at radius 3 is 1.34 bits per heavy atom. The molecule has 7 rings (SSSR count). The lowest BCUT2D eigenvalue weighted by molar-refractivity contribution is -0.148. The second-order valence-electron chi connectivity index (χ2n) is 20.1. The van der Waals surface area contributed by atoms with E-state index in [0.29, 0.717) is 48.1 Å². The van der Waals surface area contributed by atoms with Crippen LogP contribution in [-0.2, 0) is 99.8 Å². The van der Waals surface area contributed by atoms with Crippen LogP contribution in [0.1, 0.15) is 81.6 Å². The van der Waals surface area contributed by atoms with Crippen molar-refractivity contribution in [1.82, 2.24) is 5.32 Å². The van der Waals surface area contributed by atoms with Gasteiger partial charge in [0.05, 0.1) is 136 Å². The van der Waals surface area contributed by atoms with Gasteiger partial charge in [0.15, 0.2) is 0 Å². The lowest BCUT2D eigenvalue weighted by Gasteiger charge is -2.39. The van der Waals surface area contributed by atoms with E-state index in [1.54, 1.807) is 55.7 Å². The van der Waals surface area contributed by atoms with Crippen molar-refractivity contribution in [2.24, 2.45) is 11.3 Å². The molecule has 6 heterocycles. The van der Waals surface area contributed by atoms with E-state index in [-0.39, 0.29) is 49.4 Å². The van der Waals surface area contributed by atoms with E-state index < -0.39 is 29.7 Å². The van der Waals surface area contributed by atoms with Crippen molar-refractivity contribution in [2.45, 2.75) is 129 Å². The van der Waals surface area contributed by atoms with Crippen molar-refractivity contribution in [3.63, 3.8) is 0 Å². The van der Waals surface area contributed by atoms with Gasteiger partial charge in [0.2, 0.25) is 5.91 Å². The van der Waals surface area contributed by atoms with Gasteiger partial charge in [-0.1, -0.05) is 59.9 Å². The first-order chi connectivity index (χ1) is 41.6. The van der Waals surface area contributed by atoms with Crippen LogP contribution in [-0.4, -0.2) is 238 Å². The molecule has 3 N–H and O–H groups in total. The summed E-state index contributed by atoms with van der Waals surface area (Å²) in [7, 11) is 15.0. The number of methoxy groups -OCH3 is 10. The third-order valence-corrected chi connectivity index (χ3v) is 11.5. The van der Waals surface area contributed by atoms with E-state index in [1.165, 1.54) is 59.4 Å². The van der Waals surface area contributed by atoms with Gasteiger partial charge in [-0.15, -0.1) is 6.58 Å². The number of ether oxygens (including phenoxy) is 16. The van der Waals surface area contributed by atoms with E-state index in [9.17, 15) is 37.1 Å². The van der Waals surface area contributed by atoms with E-state index >= 15 is 0 Å². The van der Waals surface area contributed by atoms with Crippen molar-refractivity contribution in [2.75, 3.05) is 151 Å². The van der Waals surface area contributed by atoms with Crippen molar-refractivity contribution >= 4 is 29.8 Å². The van der Waals surface area contributed by atoms with Gasteiger partial charge in [0, 0.05) is 66.3 Å². The van der Waals surface area contributed by atoms with Crippen LogP contribution in [0, 0.1) is 11.3 Å². The average Bonchev–Trinajstić information content (AvgIpc) is 1.94. The molecule has 7 aliphatic rings. The van der Waals surface area contributed by atoms with Crippen molar-refractivity contribution in [3.05, 3.63) is 87.3 Å². The summed E-state index contributed by atoms with van der Waals surface area (Å²) in [5.74, 6) is -2.79. The van der Waals surface area contributed by atoms with Crippen LogP contribution >= 0.6 is 0 Å². The average molecular weight is 1310 g/mol. The summed E-state index contributed by atoms with van der Waals surface area (Å²) in [5, 5.41) is 18.2. The monoisotopic (exact) mass is 1310 g/mol. The van der Waals surface area contributed by atoms with Crippen molar-refractivity contribution in [3.8, 4) is 0 Å². The molecule has 0 radical (unpaired) electrons. The van der Waals surface area contributed by atoms with Gasteiger partial charge < -0.3 is 91.3 Å². The number of rotatable bonds is 20. The number of hydrogen-bond donors (Lipinski definition) is 3. The highest BCUT2D eigenvalue weighted by molar-refractivity contribution is 5.89. The Morgan fingerprint density at radius 1 is 0.711 bits per heavy atom. The topological polar surface area (TPSA) is 302 Å². The maximum Gasteiger partial charge on any atom is 0.422 e. The fourth-order valence-electron chi connectivity index (χ4n) is 5.30. The number of aliphatic hydroxyl groups excluding tert-OH is 1. The number of nitrogens with one attached hydrogen (secondary N) is 1. The molecule has 6 aliphatic heterocycles. The first-order valence-corrected chi connectivity index (χ1v) is 27.8. The molecular weight excluding hydrogens is 1200 g/mol. The van der Waals surface area contributed by atoms with E-state index in [4.69, 9.17) is 57.6 Å². The third-order valence-electron chi connectivity index (χ3n) is 11.5. The summed E-state index contributed by atoms with van der Waals surface area (Å²) in [6.45, 7) is 44.4. The van der Waals surface area contributed by atoms with Crippen molar-refractivity contribution < 1.29 is 123 Å². The van der Waals surface area contributed by atoms with E-state index in [2.05, 4.69) is 114 Å². The lowest BCUT2D eigenvalue weighted by atomic mass is 9.84. The van der Waals surface area contributed by atoms with E-state index in [0.717, 1.165) is 78.6 Å². The van der Waals surface area contributed by atoms with Gasteiger partial charge >= 0.3 is 30.1 Å². The summed E-state index contributed by atoms with van der Waals surface area (Å²) in [6.07, 6.45) is 8.13. The Morgan fingerprint density at radius 2 is 1.18 bits per heavy atom. The van der Waals surface area contributed by atoms with Crippen LogP contribution in [0.25, 0.3) is 0 Å². The molecule has 0 aromatic heterocycles. The molecule has 1 aliphatic carbocycles. The molecule has 7 atom stereocenters. The first-order valence-electron chi connectivity index (χ1n) is 27.8. The van der Waals surface area contributed by atoms with Crippen LogP contribution in [0.15, 0.2) is 87.3 Å². The largest absolute Gasteiger partial charge is 0.505 e. The zero-order chi connectivity index (χ0) is 70.2. The Balaban J connectivity index is -0.000000167. The van der Waals surface area contributed by atoms with Gasteiger partial charge in [-0.3, -0.25) is 4.79 Å². The summed E-state index contributed by atoms with van der Waals surface area (Å²) < 4.78 is 110. The second kappa shape index (κ2) is 59.9. The zero-order valence-electron chi connectivity index (χ0n) is 56.1. The molecule has 7 unspecified atom stereocenters. The highest BCUT2D eigenvalue weighted by atomic mass is 19.4. The molecule has 6 saturated heterocycles. The summed E-state index contributed by atoms with van der Waals surface area (Å²) in [4.78, 5) is 50.1. The number of carbonyl (C=O) groups excluding carboxylic acids is 4. The van der Waals surface area contributed by atoms with Crippen LogP contribution in [0.5, 0.6) is 0 Å². The van der Waals surface area contributed by atoms with Gasteiger partial charge in [-0.05, 0) is 79.2 Å². The number of halogens is 3. The number of aliphatic carboxylic acids is 1. The van der Waals surface area contributed by atoms with Gasteiger partial charge in [0.1, 0.15) is 24.0 Å². The smallest absolute Gasteiger partial charge is 0.422 e. The maximum atomic E-state index is 11.5. The molecule has 27 heteroatoms. The van der Waals surface area contributed by atoms with Crippen LogP contribution in [0.4, 0.5) is 13.2 Å². The molecule has 24 nitrogen and oxygen atoms in total. The number of esters is 3. The number of carboxylic acid groups (broad SMARTS) is 1. The predicted octanol–water partition coefficient (Wildman–Crippen LogP) is 8.40. The molecule has 530 valence electrons. The molecule has 7 fully saturated rings. The Labute approximate surface area is 535 Å². The maximum absolute atomic E-state index is 11.5. The number of carbonyl (C=O) groups is 5. The number of aliphatic hydroxyl groups is 1. The fraction of sp³-hybridized carbons (Fsp3) is 0.698. The SMILES string of the molecule is C.C=C(C(=O)OC)C(F)(F)F.C=C(C)C(=O)OC.C=C(CO)C(=O)OC.C=CC(=O)NCOC.C=CC(=O)O.C=CCOC.C=COC.CC1CO1.CC1OC1(C)C.CCC1(COC)COC1.COCC1(C)CO1.COCC1CCC2OC2C1.COCC1CO1. The number of carboxylic acids is 1. The minimum atomic E-state index is -4.69. The molecule has 0 spiro atoms. The quantitative estimate of drug-likeness (QED) is 0.0196. The summed E-state index contributed by atoms with van der Waals surface area (Å²) in [5.41, 5.74) is -0.325. The first kappa shape index (κ1) is 98.2. The molecular formula is C63H114F3NO23. The van der Waals surface area contributed by atoms with E-state index in [1.807, 2.05) is 6.92 Å². The van der Waals surface area contributed by atoms with Gasteiger partial charge in [0.25, 0.3) is 0 Å². The Kier molecular flexibility index (Phi) is 65.3. The number of hydrogen-bond acceptors (Lipinski definition) is 22. The summed E-state index contributed by atoms with van der Waals surface area (Å²) >= 11 is 0. The highest BCUT2D eigenvalue weighted by Crippen LogP contribution is 2.39. The second-order valence-corrected chi connectivity index (χ2v) is 20.1. The zero-order valence-corrected chi connectivity index (χ0v) is 56.1. The standard InChI is InChI=1S/C8H14O2.C7H14O2.C5H5F3O2.C5H9NO2.C5H8O3.C5H10O2.C5H8O2.C5H10O.C4H8O2.C4H8O.C3H4O2.2C3H6O.CH4/c1-9-5-6-2-3-7-8(4-6)10-7;1-3-7(4-8-2)5-9-6-7;1-3(4(9)10-2)5(6,7)8;1-3-5(7)6-4-8-2;1-4(3-6)5(7)8-2;1-5(3-6-2)4-7-5;1-4(2)5(6)7-3;1-4-5(2,3)6-4;1-5-2-4-3-6-4;1-3-4-5-2;1-2-3(4)5;1-3-2-4-3;1-3-4-2;/h6-8H,2-5H2,1H3;3-6H2,1-2H3;1H2,2H3;3H,1,4H2,2H3,(H,6,7);6H,1,3H2,2H3;3-4H2,1-2H3;1H2,2-3H3;4H,1-3H3;4H,2-3H2,1H3;3H,1,4H2,2H3;2H,1H2,(H,4,5);3H,2H2,1H3;3H,1H2,2H3;1H4. The molecule has 0 aromatic carbocycles. The number of fused-ring (bicyclic) bond motifs is 1. The highest BCUT2D eigenvalue weighted by Gasteiger charge is 2.44. The van der Waals surface area contributed by atoms with Gasteiger partial charge in [-0.2, -0.15) is 13.2 Å². The fourth-order valence-corrected chi connectivity index (χ4v) is 5.30. The molecule has 0 bridgehead atoms. The lowest BCUT2D eigenvalue weighted by Crippen LogP contribution is -2.45. The third kappa shape index (κ3) is 65.5. The number of alkyl halides is 3. The number of epoxide rings is 5. The molecule has 1 amide bonds. The van der Waals surface area contributed by atoms with Crippen LogP contribution < -0.4 is 5.32 Å². The molecule has 1 saturated carbocycles. The van der Waals surface area contributed by atoms with Crippen molar-refractivity contribution in [1.29, 1.82) is 0 Å². The molecule has 0 aromatic rings. The molecule has 90 heavy (non-hydrogen) atoms. The van der Waals surface area contributed by atoms with Crippen LogP contribution in [0.3, 0.4) is 0 Å². The minimum Gasteiger partial charge on any atom is -0.505 e. The summed E-state index contributed by atoms with van der Waals surface area (Å²) in [6, 6.07) is 0.